The first-order chi connectivity index (χ1) is 5.83. The summed E-state index contributed by atoms with van der Waals surface area (Å²) in [5.74, 6) is 6.17. The fourth-order valence-electron chi connectivity index (χ4n) is 0.722. The third-order valence-electron chi connectivity index (χ3n) is 1.35. The van der Waals surface area contributed by atoms with Crippen LogP contribution in [0.3, 0.4) is 0 Å². The number of rotatable bonds is 2. The minimum Gasteiger partial charge on any atom is -0.464 e. The van der Waals surface area contributed by atoms with Crippen molar-refractivity contribution in [2.24, 2.45) is 0 Å². The molecule has 0 saturated heterocycles. The van der Waals surface area contributed by atoms with Crippen molar-refractivity contribution in [2.75, 3.05) is 6.61 Å². The molecule has 0 unspecified atom stereocenters. The van der Waals surface area contributed by atoms with E-state index in [1.807, 2.05) is 19.1 Å². The number of ether oxygens (including phenoxy) is 1. The highest BCUT2D eigenvalue weighted by Gasteiger charge is 1.90. The zero-order valence-corrected chi connectivity index (χ0v) is 7.29. The highest BCUT2D eigenvalue weighted by atomic mass is 16.5. The van der Waals surface area contributed by atoms with Crippen LogP contribution < -0.4 is 4.74 Å². The third kappa shape index (κ3) is 2.63. The van der Waals surface area contributed by atoms with Gasteiger partial charge in [0.05, 0.1) is 0 Å². The minimum atomic E-state index is 0.409. The second-order valence-corrected chi connectivity index (χ2v) is 2.39. The molecule has 2 heteroatoms. The van der Waals surface area contributed by atoms with Crippen LogP contribution in [0, 0.1) is 18.8 Å². The number of aromatic nitrogens is 1. The molecule has 62 valence electrons. The van der Waals surface area contributed by atoms with E-state index in [9.17, 15) is 0 Å². The van der Waals surface area contributed by atoms with Gasteiger partial charge in [-0.25, -0.2) is 4.98 Å². The average molecular weight is 161 g/mol. The molecule has 12 heavy (non-hydrogen) atoms. The Morgan fingerprint density at radius 3 is 2.92 bits per heavy atom. The van der Waals surface area contributed by atoms with Crippen LogP contribution in [0.15, 0.2) is 18.3 Å². The summed E-state index contributed by atoms with van der Waals surface area (Å²) in [5, 5.41) is 0. The second kappa shape index (κ2) is 4.40. The molecule has 0 saturated carbocycles. The number of aryl methyl sites for hydroxylation is 1. The maximum absolute atomic E-state index is 5.22. The lowest BCUT2D eigenvalue weighted by molar-refractivity contribution is 0.355. The Bertz CT molecular complexity index is 292. The molecule has 0 aliphatic rings. The molecule has 0 bridgehead atoms. The van der Waals surface area contributed by atoms with Gasteiger partial charge in [0.25, 0.3) is 0 Å². The largest absolute Gasteiger partial charge is 0.464 e. The van der Waals surface area contributed by atoms with E-state index in [1.54, 1.807) is 13.1 Å². The smallest absolute Gasteiger partial charge is 0.214 e. The molecular formula is C10H11NO. The van der Waals surface area contributed by atoms with Crippen molar-refractivity contribution in [3.63, 3.8) is 0 Å². The molecule has 0 amide bonds. The van der Waals surface area contributed by atoms with Crippen LogP contribution in [0.5, 0.6) is 5.88 Å². The zero-order valence-electron chi connectivity index (χ0n) is 7.29. The van der Waals surface area contributed by atoms with Gasteiger partial charge in [-0.05, 0) is 19.4 Å². The summed E-state index contributed by atoms with van der Waals surface area (Å²) in [4.78, 5) is 4.06. The van der Waals surface area contributed by atoms with Gasteiger partial charge in [-0.1, -0.05) is 12.0 Å². The van der Waals surface area contributed by atoms with Crippen LogP contribution in [0.1, 0.15) is 12.5 Å². The van der Waals surface area contributed by atoms with E-state index in [1.165, 1.54) is 0 Å². The lowest BCUT2D eigenvalue weighted by Gasteiger charge is -1.99. The first-order valence-electron chi connectivity index (χ1n) is 3.78. The Kier molecular flexibility index (Phi) is 3.16. The van der Waals surface area contributed by atoms with Crippen LogP contribution in [0.25, 0.3) is 0 Å². The van der Waals surface area contributed by atoms with Gasteiger partial charge < -0.3 is 4.74 Å². The summed E-state index contributed by atoms with van der Waals surface area (Å²) >= 11 is 0. The molecule has 0 atom stereocenters. The van der Waals surface area contributed by atoms with Gasteiger partial charge >= 0.3 is 0 Å². The van der Waals surface area contributed by atoms with Gasteiger partial charge in [0.15, 0.2) is 6.61 Å². The van der Waals surface area contributed by atoms with E-state index in [0.29, 0.717) is 12.5 Å². The van der Waals surface area contributed by atoms with Crippen molar-refractivity contribution in [2.45, 2.75) is 13.8 Å². The molecule has 0 radical (unpaired) electrons. The van der Waals surface area contributed by atoms with Crippen molar-refractivity contribution < 1.29 is 4.74 Å². The van der Waals surface area contributed by atoms with Gasteiger partial charge in [0, 0.05) is 12.3 Å². The maximum Gasteiger partial charge on any atom is 0.214 e. The van der Waals surface area contributed by atoms with Crippen molar-refractivity contribution in [3.05, 3.63) is 23.9 Å². The molecule has 0 N–H and O–H groups in total. The van der Waals surface area contributed by atoms with Gasteiger partial charge in [-0.2, -0.15) is 0 Å². The van der Waals surface area contributed by atoms with Crippen LogP contribution in [0.2, 0.25) is 0 Å². The predicted octanol–water partition coefficient (Wildman–Crippen LogP) is 1.79. The van der Waals surface area contributed by atoms with Crippen molar-refractivity contribution >= 4 is 0 Å². The van der Waals surface area contributed by atoms with Gasteiger partial charge in [0.1, 0.15) is 0 Å². The molecule has 1 heterocycles. The van der Waals surface area contributed by atoms with E-state index in [0.717, 1.165) is 5.56 Å². The average Bonchev–Trinajstić information content (AvgIpc) is 2.09. The van der Waals surface area contributed by atoms with Crippen LogP contribution in [0.4, 0.5) is 0 Å². The Morgan fingerprint density at radius 1 is 1.50 bits per heavy atom. The molecule has 2 nitrogen and oxygen atoms in total. The molecule has 0 fully saturated rings. The SMILES string of the molecule is CC#CCOc1ccc(C)cn1. The maximum atomic E-state index is 5.22. The third-order valence-corrected chi connectivity index (χ3v) is 1.35. The number of pyridine rings is 1. The standard InChI is InChI=1S/C10H11NO/c1-3-4-7-12-10-6-5-9(2)8-11-10/h5-6,8H,7H2,1-2H3. The first kappa shape index (κ1) is 8.61. The van der Waals surface area contributed by atoms with Gasteiger partial charge in [0.2, 0.25) is 5.88 Å². The van der Waals surface area contributed by atoms with Crippen LogP contribution in [-0.2, 0) is 0 Å². The lowest BCUT2D eigenvalue weighted by atomic mass is 10.3. The van der Waals surface area contributed by atoms with E-state index in [-0.39, 0.29) is 0 Å². The summed E-state index contributed by atoms with van der Waals surface area (Å²) in [6, 6.07) is 3.80. The Morgan fingerprint density at radius 2 is 2.33 bits per heavy atom. The molecule has 0 aliphatic carbocycles. The van der Waals surface area contributed by atoms with Crippen molar-refractivity contribution in [1.82, 2.24) is 4.98 Å². The van der Waals surface area contributed by atoms with Gasteiger partial charge in [-0.15, -0.1) is 5.92 Å². The molecule has 1 aromatic rings. The normalized spacial score (nSPS) is 8.50. The first-order valence-corrected chi connectivity index (χ1v) is 3.78. The predicted molar refractivity (Wildman–Crippen MR) is 47.9 cm³/mol. The van der Waals surface area contributed by atoms with Crippen LogP contribution >= 0.6 is 0 Å². The van der Waals surface area contributed by atoms with Crippen LogP contribution in [-0.4, -0.2) is 11.6 Å². The molecule has 1 rings (SSSR count). The Balaban J connectivity index is 2.51. The fourth-order valence-corrected chi connectivity index (χ4v) is 0.722. The van der Waals surface area contributed by atoms with E-state index < -0.39 is 0 Å². The summed E-state index contributed by atoms with van der Waals surface area (Å²) in [6.07, 6.45) is 1.77. The molecule has 1 aromatic heterocycles. The summed E-state index contributed by atoms with van der Waals surface area (Å²) < 4.78 is 5.22. The molecule has 0 aromatic carbocycles. The van der Waals surface area contributed by atoms with E-state index >= 15 is 0 Å². The summed E-state index contributed by atoms with van der Waals surface area (Å²) in [5.41, 5.74) is 1.13. The Labute approximate surface area is 72.6 Å². The lowest BCUT2D eigenvalue weighted by Crippen LogP contribution is -1.95. The summed E-state index contributed by atoms with van der Waals surface area (Å²) in [7, 11) is 0. The zero-order chi connectivity index (χ0) is 8.81. The molecule has 0 spiro atoms. The quantitative estimate of drug-likeness (QED) is 0.617. The summed E-state index contributed by atoms with van der Waals surface area (Å²) in [6.45, 7) is 4.18. The molecule has 0 aliphatic heterocycles. The van der Waals surface area contributed by atoms with Gasteiger partial charge in [-0.3, -0.25) is 0 Å². The minimum absolute atomic E-state index is 0.409. The number of nitrogens with zero attached hydrogens (tertiary/aromatic N) is 1. The van der Waals surface area contributed by atoms with E-state index in [4.69, 9.17) is 4.74 Å². The number of hydrogen-bond donors (Lipinski definition) is 0. The fraction of sp³-hybridized carbons (Fsp3) is 0.300. The van der Waals surface area contributed by atoms with E-state index in [2.05, 4.69) is 16.8 Å². The highest BCUT2D eigenvalue weighted by Crippen LogP contribution is 2.05. The Hall–Kier alpha value is -1.49. The van der Waals surface area contributed by atoms with Crippen molar-refractivity contribution in [1.29, 1.82) is 0 Å². The second-order valence-electron chi connectivity index (χ2n) is 2.39. The van der Waals surface area contributed by atoms with Crippen molar-refractivity contribution in [3.8, 4) is 17.7 Å². The molecular weight excluding hydrogens is 150 g/mol. The monoisotopic (exact) mass is 161 g/mol. The highest BCUT2D eigenvalue weighted by molar-refractivity contribution is 5.16. The topological polar surface area (TPSA) is 22.1 Å². The number of hydrogen-bond acceptors (Lipinski definition) is 2.